The van der Waals surface area contributed by atoms with Crippen molar-refractivity contribution >= 4 is 0 Å². The van der Waals surface area contributed by atoms with Crippen LogP contribution in [0.15, 0.2) is 0 Å². The van der Waals surface area contributed by atoms with E-state index < -0.39 is 28.4 Å². The second-order valence-electron chi connectivity index (χ2n) is 7.15. The first-order valence-corrected chi connectivity index (χ1v) is 7.39. The summed E-state index contributed by atoms with van der Waals surface area (Å²) in [5, 5.41) is 0. The van der Waals surface area contributed by atoms with Gasteiger partial charge in [-0.25, -0.2) is 0 Å². The Morgan fingerprint density at radius 3 is 2.14 bits per heavy atom. The van der Waals surface area contributed by atoms with Crippen molar-refractivity contribution in [3.05, 3.63) is 0 Å². The minimum atomic E-state index is -0.886. The number of rotatable bonds is 2. The lowest BCUT2D eigenvalue weighted by molar-refractivity contribution is -0.272. The van der Waals surface area contributed by atoms with E-state index in [0.29, 0.717) is 6.61 Å². The van der Waals surface area contributed by atoms with Crippen LogP contribution in [0, 0.1) is 0 Å². The van der Waals surface area contributed by atoms with Gasteiger partial charge in [0.05, 0.1) is 6.61 Å². The number of fused-ring (bicyclic) bond motifs is 1. The molecule has 6 heteroatoms. The molecule has 0 aromatic heterocycles. The van der Waals surface area contributed by atoms with Crippen molar-refractivity contribution in [1.82, 2.24) is 0 Å². The fourth-order valence-corrected chi connectivity index (χ4v) is 3.93. The predicted molar refractivity (Wildman–Crippen MR) is 73.7 cm³/mol. The highest BCUT2D eigenvalue weighted by atomic mass is 16.9. The quantitative estimate of drug-likeness (QED) is 0.775. The molecule has 0 N–H and O–H groups in total. The van der Waals surface area contributed by atoms with Gasteiger partial charge < -0.3 is 28.4 Å². The van der Waals surface area contributed by atoms with Crippen molar-refractivity contribution in [1.29, 1.82) is 0 Å². The van der Waals surface area contributed by atoms with Crippen molar-refractivity contribution in [2.24, 2.45) is 0 Å². The lowest BCUT2D eigenvalue weighted by Crippen LogP contribution is -2.65. The van der Waals surface area contributed by atoms with Gasteiger partial charge in [-0.05, 0) is 41.5 Å². The van der Waals surface area contributed by atoms with Crippen molar-refractivity contribution in [2.75, 3.05) is 20.5 Å². The zero-order valence-electron chi connectivity index (χ0n) is 13.9. The summed E-state index contributed by atoms with van der Waals surface area (Å²) in [7, 11) is 1.67. The van der Waals surface area contributed by atoms with E-state index in [-0.39, 0.29) is 12.9 Å². The lowest BCUT2D eigenvalue weighted by Gasteiger charge is -2.46. The van der Waals surface area contributed by atoms with E-state index >= 15 is 0 Å². The molecule has 0 spiro atoms. The van der Waals surface area contributed by atoms with Crippen molar-refractivity contribution in [3.8, 4) is 0 Å². The molecule has 3 aliphatic heterocycles. The van der Waals surface area contributed by atoms with E-state index in [2.05, 4.69) is 0 Å². The smallest absolute Gasteiger partial charge is 0.200 e. The number of methoxy groups -OCH3 is 1. The van der Waals surface area contributed by atoms with Crippen molar-refractivity contribution in [2.45, 2.75) is 76.0 Å². The maximum atomic E-state index is 6.37. The molecule has 3 heterocycles. The van der Waals surface area contributed by atoms with Crippen LogP contribution in [0.1, 0.15) is 41.5 Å². The molecule has 0 aliphatic carbocycles. The maximum absolute atomic E-state index is 6.37. The monoisotopic (exact) mass is 302 g/mol. The second kappa shape index (κ2) is 4.19. The van der Waals surface area contributed by atoms with Gasteiger partial charge in [-0.15, -0.1) is 0 Å². The fraction of sp³-hybridized carbons (Fsp3) is 1.00. The van der Waals surface area contributed by atoms with Gasteiger partial charge in [-0.3, -0.25) is 0 Å². The third-order valence-electron chi connectivity index (χ3n) is 5.84. The first-order chi connectivity index (χ1) is 9.54. The Bertz CT molecular complexity index is 453. The Balaban J connectivity index is 2.03. The summed E-state index contributed by atoms with van der Waals surface area (Å²) in [6, 6.07) is 0. The van der Waals surface area contributed by atoms with E-state index in [1.165, 1.54) is 0 Å². The lowest BCUT2D eigenvalue weighted by atomic mass is 9.71. The standard InChI is InChI=1S/C15H26O6/c1-11(2)17-8-10(20-11)12(3)13(4,16-7)14(5)15(6,21-12)19-9-18-14/h10H,8-9H2,1-7H3. The average molecular weight is 302 g/mol. The van der Waals surface area contributed by atoms with Crippen LogP contribution in [0.2, 0.25) is 0 Å². The summed E-state index contributed by atoms with van der Waals surface area (Å²) in [5.74, 6) is -1.52. The van der Waals surface area contributed by atoms with E-state index in [4.69, 9.17) is 28.4 Å². The van der Waals surface area contributed by atoms with Crippen LogP contribution in [-0.4, -0.2) is 55.0 Å². The summed E-state index contributed by atoms with van der Waals surface area (Å²) in [4.78, 5) is 0. The Morgan fingerprint density at radius 2 is 1.62 bits per heavy atom. The van der Waals surface area contributed by atoms with Crippen LogP contribution in [0.5, 0.6) is 0 Å². The molecule has 21 heavy (non-hydrogen) atoms. The van der Waals surface area contributed by atoms with E-state index in [1.54, 1.807) is 7.11 Å². The Kier molecular flexibility index (Phi) is 3.12. The summed E-state index contributed by atoms with van der Waals surface area (Å²) in [6.07, 6.45) is -0.274. The molecule has 3 rings (SSSR count). The zero-order valence-corrected chi connectivity index (χ0v) is 13.9. The van der Waals surface area contributed by atoms with Crippen LogP contribution in [-0.2, 0) is 28.4 Å². The molecule has 0 bridgehead atoms. The molecular formula is C15H26O6. The third kappa shape index (κ3) is 1.69. The van der Waals surface area contributed by atoms with Gasteiger partial charge in [-0.1, -0.05) is 0 Å². The van der Waals surface area contributed by atoms with Gasteiger partial charge in [0.25, 0.3) is 0 Å². The van der Waals surface area contributed by atoms with Crippen molar-refractivity contribution < 1.29 is 28.4 Å². The van der Waals surface area contributed by atoms with Crippen molar-refractivity contribution in [3.63, 3.8) is 0 Å². The molecule has 3 aliphatic rings. The molecule has 0 aromatic carbocycles. The zero-order chi connectivity index (χ0) is 15.7. The molecule has 5 atom stereocenters. The number of hydrogen-bond donors (Lipinski definition) is 0. The van der Waals surface area contributed by atoms with Gasteiger partial charge in [0.1, 0.15) is 17.3 Å². The van der Waals surface area contributed by atoms with Crippen LogP contribution in [0.25, 0.3) is 0 Å². The molecule has 3 fully saturated rings. The summed E-state index contributed by atoms with van der Waals surface area (Å²) >= 11 is 0. The summed E-state index contributed by atoms with van der Waals surface area (Å²) in [5.41, 5.74) is -2.25. The van der Waals surface area contributed by atoms with E-state index in [0.717, 1.165) is 0 Å². The maximum Gasteiger partial charge on any atom is 0.200 e. The van der Waals surface area contributed by atoms with Crippen LogP contribution in [0.4, 0.5) is 0 Å². The molecule has 5 unspecified atom stereocenters. The minimum Gasteiger partial charge on any atom is -0.372 e. The van der Waals surface area contributed by atoms with Gasteiger partial charge in [0, 0.05) is 7.11 Å². The highest BCUT2D eigenvalue weighted by Gasteiger charge is 2.79. The van der Waals surface area contributed by atoms with E-state index in [1.807, 2.05) is 41.5 Å². The minimum absolute atomic E-state index is 0.190. The summed E-state index contributed by atoms with van der Waals surface area (Å²) < 4.78 is 35.7. The SMILES string of the molecule is COC1(C)C(C)(C2COC(C)(C)O2)OC2(C)OCOC21C. The Morgan fingerprint density at radius 1 is 0.952 bits per heavy atom. The molecule has 122 valence electrons. The first-order valence-electron chi connectivity index (χ1n) is 7.39. The Labute approximate surface area is 126 Å². The first kappa shape index (κ1) is 15.6. The van der Waals surface area contributed by atoms with Gasteiger partial charge in [0.2, 0.25) is 5.79 Å². The molecule has 6 nitrogen and oxygen atoms in total. The van der Waals surface area contributed by atoms with Crippen LogP contribution < -0.4 is 0 Å². The van der Waals surface area contributed by atoms with Gasteiger partial charge in [0.15, 0.2) is 18.2 Å². The topological polar surface area (TPSA) is 55.4 Å². The third-order valence-corrected chi connectivity index (χ3v) is 5.84. The van der Waals surface area contributed by atoms with Crippen LogP contribution >= 0.6 is 0 Å². The predicted octanol–water partition coefficient (Wildman–Crippen LogP) is 1.81. The largest absolute Gasteiger partial charge is 0.372 e. The average Bonchev–Trinajstić information content (AvgIpc) is 2.93. The Hall–Kier alpha value is -0.240. The molecule has 0 amide bonds. The molecular weight excluding hydrogens is 276 g/mol. The molecule has 3 saturated heterocycles. The molecule has 0 radical (unpaired) electrons. The summed E-state index contributed by atoms with van der Waals surface area (Å²) in [6.45, 7) is 12.2. The number of ether oxygens (including phenoxy) is 6. The fourth-order valence-electron chi connectivity index (χ4n) is 3.93. The molecule has 0 saturated carbocycles. The van der Waals surface area contributed by atoms with Gasteiger partial charge >= 0.3 is 0 Å². The highest BCUT2D eigenvalue weighted by molar-refractivity contribution is 5.23. The van der Waals surface area contributed by atoms with Gasteiger partial charge in [-0.2, -0.15) is 0 Å². The molecule has 0 aromatic rings. The van der Waals surface area contributed by atoms with E-state index in [9.17, 15) is 0 Å². The normalized spacial score (nSPS) is 55.9. The highest BCUT2D eigenvalue weighted by Crippen LogP contribution is 2.60. The number of hydrogen-bond acceptors (Lipinski definition) is 6. The second-order valence-corrected chi connectivity index (χ2v) is 7.15. The van der Waals surface area contributed by atoms with Crippen LogP contribution in [0.3, 0.4) is 0 Å².